The van der Waals surface area contributed by atoms with E-state index >= 15 is 0 Å². The van der Waals surface area contributed by atoms with Crippen LogP contribution in [-0.4, -0.2) is 37.9 Å². The Bertz CT molecular complexity index is 140. The Labute approximate surface area is 68.7 Å². The van der Waals surface area contributed by atoms with Gasteiger partial charge in [-0.1, -0.05) is 0 Å². The summed E-state index contributed by atoms with van der Waals surface area (Å²) in [4.78, 5) is 23.3. The second-order valence-electron chi connectivity index (χ2n) is 1.74. The maximum Gasteiger partial charge on any atom is 0.294 e. The van der Waals surface area contributed by atoms with Gasteiger partial charge in [-0.2, -0.15) is 0 Å². The average Bonchev–Trinajstić information content (AvgIpc) is 2.02. The van der Waals surface area contributed by atoms with Gasteiger partial charge >= 0.3 is 0 Å². The lowest BCUT2D eigenvalue weighted by Crippen LogP contribution is -2.19. The van der Waals surface area contributed by atoms with Gasteiger partial charge in [-0.25, -0.2) is 0 Å². The Morgan fingerprint density at radius 1 is 1.42 bits per heavy atom. The third-order valence-electron chi connectivity index (χ3n) is 0.898. The van der Waals surface area contributed by atoms with Crippen LogP contribution in [0.25, 0.3) is 0 Å². The van der Waals surface area contributed by atoms with Crippen molar-refractivity contribution in [2.75, 3.05) is 26.4 Å². The molecule has 70 valence electrons. The number of ether oxygens (including phenoxy) is 1. The van der Waals surface area contributed by atoms with Gasteiger partial charge in [-0.05, 0) is 0 Å². The highest BCUT2D eigenvalue weighted by Crippen LogP contribution is 1.77. The molecule has 0 bridgehead atoms. The lowest BCUT2D eigenvalue weighted by molar-refractivity contribution is -0.758. The number of nitrogens with zero attached hydrogens (tertiary/aromatic N) is 1. The fourth-order valence-electron chi connectivity index (χ4n) is 0.463. The Morgan fingerprint density at radius 3 is 2.75 bits per heavy atom. The third-order valence-corrected chi connectivity index (χ3v) is 0.898. The Hall–Kier alpha value is -1.37. The summed E-state index contributed by atoms with van der Waals surface area (Å²) < 4.78 is 4.84. The summed E-state index contributed by atoms with van der Waals surface area (Å²) in [5, 5.41) is 11.1. The van der Waals surface area contributed by atoms with Crippen LogP contribution in [-0.2, 0) is 14.4 Å². The number of carbonyl (C=O) groups excluding carboxylic acids is 1. The van der Waals surface area contributed by atoms with Crippen molar-refractivity contribution in [1.82, 2.24) is 5.32 Å². The molecule has 0 rings (SSSR count). The van der Waals surface area contributed by atoms with Crippen LogP contribution in [0.5, 0.6) is 0 Å². The topological polar surface area (TPSA) is 90.7 Å². The van der Waals surface area contributed by atoms with Crippen molar-refractivity contribution in [2.24, 2.45) is 0 Å². The molecule has 7 heteroatoms. The van der Waals surface area contributed by atoms with Crippen molar-refractivity contribution in [3.8, 4) is 0 Å². The average molecular weight is 178 g/mol. The van der Waals surface area contributed by atoms with E-state index in [9.17, 15) is 14.9 Å². The molecule has 0 saturated carbocycles. The van der Waals surface area contributed by atoms with E-state index in [1.165, 1.54) is 0 Å². The maximum atomic E-state index is 9.70. The maximum absolute atomic E-state index is 9.70. The molecule has 12 heavy (non-hydrogen) atoms. The number of rotatable bonds is 8. The van der Waals surface area contributed by atoms with Gasteiger partial charge in [0, 0.05) is 6.54 Å². The van der Waals surface area contributed by atoms with Crippen molar-refractivity contribution in [2.45, 2.75) is 0 Å². The number of carbonyl (C=O) groups is 1. The van der Waals surface area contributed by atoms with E-state index in [1.54, 1.807) is 0 Å². The molecule has 1 N–H and O–H groups in total. The van der Waals surface area contributed by atoms with E-state index in [2.05, 4.69) is 10.2 Å². The molecule has 0 aromatic heterocycles. The zero-order valence-electron chi connectivity index (χ0n) is 6.39. The Kier molecular flexibility index (Phi) is 6.85. The third kappa shape index (κ3) is 8.63. The van der Waals surface area contributed by atoms with Crippen LogP contribution >= 0.6 is 0 Å². The van der Waals surface area contributed by atoms with Gasteiger partial charge in [0.25, 0.3) is 5.09 Å². The van der Waals surface area contributed by atoms with Crippen LogP contribution in [0.1, 0.15) is 0 Å². The summed E-state index contributed by atoms with van der Waals surface area (Å²) in [6, 6.07) is 0. The van der Waals surface area contributed by atoms with Gasteiger partial charge in [-0.3, -0.25) is 4.79 Å². The van der Waals surface area contributed by atoms with Gasteiger partial charge in [0.1, 0.15) is 6.61 Å². The molecule has 0 radical (unpaired) electrons. The molecule has 0 aliphatic heterocycles. The summed E-state index contributed by atoms with van der Waals surface area (Å²) in [6.07, 6.45) is 0.552. The predicted molar refractivity (Wildman–Crippen MR) is 37.8 cm³/mol. The first-order chi connectivity index (χ1) is 5.77. The molecular formula is C5H10N2O5. The van der Waals surface area contributed by atoms with Crippen LogP contribution in [0, 0.1) is 10.1 Å². The van der Waals surface area contributed by atoms with Crippen molar-refractivity contribution in [1.29, 1.82) is 0 Å². The lowest BCUT2D eigenvalue weighted by atomic mass is 10.7. The molecule has 0 saturated heterocycles. The van der Waals surface area contributed by atoms with E-state index < -0.39 is 5.09 Å². The Balaban J connectivity index is 2.90. The number of hydrogen-bond acceptors (Lipinski definition) is 5. The number of nitrogens with one attached hydrogen (secondary N) is 1. The molecule has 1 amide bonds. The van der Waals surface area contributed by atoms with Crippen LogP contribution in [0.2, 0.25) is 0 Å². The molecule has 7 nitrogen and oxygen atoms in total. The minimum absolute atomic E-state index is 0.0892. The monoisotopic (exact) mass is 178 g/mol. The molecule has 0 aromatic rings. The van der Waals surface area contributed by atoms with Gasteiger partial charge in [0.05, 0.1) is 13.2 Å². The summed E-state index contributed by atoms with van der Waals surface area (Å²) in [5.41, 5.74) is 0. The molecule has 0 aromatic carbocycles. The summed E-state index contributed by atoms with van der Waals surface area (Å²) in [7, 11) is 0. The SMILES string of the molecule is O=CNCCOCCO[N+](=O)[O-]. The zero-order chi connectivity index (χ0) is 9.23. The van der Waals surface area contributed by atoms with Crippen molar-refractivity contribution >= 4 is 6.41 Å². The fraction of sp³-hybridized carbons (Fsp3) is 0.800. The molecule has 0 spiro atoms. The quantitative estimate of drug-likeness (QED) is 0.222. The largest absolute Gasteiger partial charge is 0.378 e. The summed E-state index contributed by atoms with van der Waals surface area (Å²) >= 11 is 0. The first-order valence-corrected chi connectivity index (χ1v) is 3.29. The molecule has 0 heterocycles. The summed E-state index contributed by atoms with van der Waals surface area (Å²) in [5.74, 6) is 0. The highest BCUT2D eigenvalue weighted by atomic mass is 17.0. The Morgan fingerprint density at radius 2 is 2.17 bits per heavy atom. The van der Waals surface area contributed by atoms with E-state index in [0.717, 1.165) is 0 Å². The van der Waals surface area contributed by atoms with Gasteiger partial charge in [0.15, 0.2) is 0 Å². The molecule has 0 unspecified atom stereocenters. The molecular weight excluding hydrogens is 168 g/mol. The lowest BCUT2D eigenvalue weighted by Gasteiger charge is -2.01. The first kappa shape index (κ1) is 10.6. The standard InChI is InChI=1S/C5H10N2O5/c8-5-6-1-2-11-3-4-12-7(9)10/h5H,1-4H2,(H,6,8). The molecule has 0 aliphatic carbocycles. The van der Waals surface area contributed by atoms with Crippen LogP contribution < -0.4 is 5.32 Å². The van der Waals surface area contributed by atoms with Crippen LogP contribution in [0.4, 0.5) is 0 Å². The summed E-state index contributed by atoms with van der Waals surface area (Å²) in [6.45, 7) is 0.761. The first-order valence-electron chi connectivity index (χ1n) is 3.29. The highest BCUT2D eigenvalue weighted by Gasteiger charge is 1.93. The van der Waals surface area contributed by atoms with Crippen LogP contribution in [0.15, 0.2) is 0 Å². The smallest absolute Gasteiger partial charge is 0.294 e. The van der Waals surface area contributed by atoms with E-state index in [4.69, 9.17) is 4.74 Å². The minimum atomic E-state index is -0.882. The van der Waals surface area contributed by atoms with E-state index in [1.807, 2.05) is 0 Å². The second-order valence-corrected chi connectivity index (χ2v) is 1.74. The molecule has 0 atom stereocenters. The number of amides is 1. The van der Waals surface area contributed by atoms with Crippen molar-refractivity contribution in [3.05, 3.63) is 10.1 Å². The van der Waals surface area contributed by atoms with Crippen LogP contribution in [0.3, 0.4) is 0 Å². The van der Waals surface area contributed by atoms with E-state index in [0.29, 0.717) is 19.6 Å². The number of hydrogen-bond donors (Lipinski definition) is 1. The van der Waals surface area contributed by atoms with Gasteiger partial charge in [0.2, 0.25) is 6.41 Å². The van der Waals surface area contributed by atoms with Gasteiger partial charge in [-0.15, -0.1) is 10.1 Å². The predicted octanol–water partition coefficient (Wildman–Crippen LogP) is -1.04. The minimum Gasteiger partial charge on any atom is -0.378 e. The molecule has 0 fully saturated rings. The van der Waals surface area contributed by atoms with Crippen molar-refractivity contribution < 1.29 is 19.5 Å². The van der Waals surface area contributed by atoms with E-state index in [-0.39, 0.29) is 13.2 Å². The fourth-order valence-corrected chi connectivity index (χ4v) is 0.463. The second kappa shape index (κ2) is 7.73. The highest BCUT2D eigenvalue weighted by molar-refractivity contribution is 5.45. The zero-order valence-corrected chi connectivity index (χ0v) is 6.39. The van der Waals surface area contributed by atoms with Crippen molar-refractivity contribution in [3.63, 3.8) is 0 Å². The van der Waals surface area contributed by atoms with Gasteiger partial charge < -0.3 is 14.9 Å². The molecule has 0 aliphatic rings. The normalized spacial score (nSPS) is 9.00.